The first-order chi connectivity index (χ1) is 15.1. The van der Waals surface area contributed by atoms with Crippen LogP contribution in [0.4, 0.5) is 24.5 Å². The third kappa shape index (κ3) is 3.88. The first-order valence-corrected chi connectivity index (χ1v) is 10.2. The number of hydrogen-bond acceptors (Lipinski definition) is 4. The van der Waals surface area contributed by atoms with E-state index in [2.05, 4.69) is 0 Å². The molecule has 2 aromatic rings. The fourth-order valence-electron chi connectivity index (χ4n) is 4.29. The molecule has 10 heteroatoms. The lowest BCUT2D eigenvalue weighted by atomic mass is 9.77. The molecular weight excluding hydrogens is 449 g/mol. The maximum absolute atomic E-state index is 13.2. The molecule has 0 radical (unpaired) electrons. The van der Waals surface area contributed by atoms with Gasteiger partial charge >= 0.3 is 6.18 Å². The van der Waals surface area contributed by atoms with Crippen LogP contribution in [0.25, 0.3) is 0 Å². The predicted molar refractivity (Wildman–Crippen MR) is 110 cm³/mol. The predicted octanol–water partition coefficient (Wildman–Crippen LogP) is 5.79. The van der Waals surface area contributed by atoms with Crippen molar-refractivity contribution in [1.29, 1.82) is 0 Å². The van der Waals surface area contributed by atoms with Crippen LogP contribution in [-0.2, 0) is 15.8 Å². The molecule has 0 saturated carbocycles. The van der Waals surface area contributed by atoms with Gasteiger partial charge in [-0.05, 0) is 42.7 Å². The van der Waals surface area contributed by atoms with Gasteiger partial charge in [0.25, 0.3) is 5.69 Å². The molecule has 0 aromatic heterocycles. The van der Waals surface area contributed by atoms with Crippen LogP contribution in [-0.4, -0.2) is 16.6 Å². The second-order valence-electron chi connectivity index (χ2n) is 7.63. The van der Waals surface area contributed by atoms with E-state index in [1.54, 1.807) is 0 Å². The Balaban J connectivity index is 1.86. The second kappa shape index (κ2) is 8.05. The SMILES string of the molecule is O=C1CCCC2=C1C(c1ccc(C(F)(F)F)cc1)CC(=O)N2c1cc(Cl)ccc1[N+](=O)[O-]. The fourth-order valence-corrected chi connectivity index (χ4v) is 4.46. The van der Waals surface area contributed by atoms with E-state index in [9.17, 15) is 32.9 Å². The van der Waals surface area contributed by atoms with Crippen LogP contribution < -0.4 is 4.90 Å². The molecule has 1 amide bonds. The number of amides is 1. The summed E-state index contributed by atoms with van der Waals surface area (Å²) in [5, 5.41) is 11.7. The molecule has 0 N–H and O–H groups in total. The summed E-state index contributed by atoms with van der Waals surface area (Å²) in [6.45, 7) is 0. The van der Waals surface area contributed by atoms with Crippen molar-refractivity contribution in [2.24, 2.45) is 0 Å². The molecule has 2 aromatic carbocycles. The average Bonchev–Trinajstić information content (AvgIpc) is 2.72. The monoisotopic (exact) mass is 464 g/mol. The molecule has 1 atom stereocenters. The zero-order chi connectivity index (χ0) is 23.2. The van der Waals surface area contributed by atoms with E-state index in [0.29, 0.717) is 29.7 Å². The van der Waals surface area contributed by atoms with Crippen LogP contribution in [0, 0.1) is 10.1 Å². The molecule has 1 unspecified atom stereocenters. The number of carbonyl (C=O) groups is 2. The van der Waals surface area contributed by atoms with Crippen LogP contribution >= 0.6 is 11.6 Å². The van der Waals surface area contributed by atoms with Crippen LogP contribution in [0.15, 0.2) is 53.7 Å². The molecule has 1 aliphatic carbocycles. The molecule has 32 heavy (non-hydrogen) atoms. The highest BCUT2D eigenvalue weighted by Gasteiger charge is 2.42. The minimum absolute atomic E-state index is 0.0273. The Hall–Kier alpha value is -3.20. The highest BCUT2D eigenvalue weighted by atomic mass is 35.5. The third-order valence-electron chi connectivity index (χ3n) is 5.69. The topological polar surface area (TPSA) is 80.5 Å². The van der Waals surface area contributed by atoms with Gasteiger partial charge in [-0.2, -0.15) is 13.2 Å². The number of Topliss-reactive ketones (excluding diaryl/α,β-unsaturated/α-hetero) is 1. The van der Waals surface area contributed by atoms with E-state index >= 15 is 0 Å². The van der Waals surface area contributed by atoms with Crippen molar-refractivity contribution in [3.8, 4) is 0 Å². The first-order valence-electron chi connectivity index (χ1n) is 9.78. The summed E-state index contributed by atoms with van der Waals surface area (Å²) in [7, 11) is 0. The van der Waals surface area contributed by atoms with Crippen molar-refractivity contribution in [2.45, 2.75) is 37.8 Å². The van der Waals surface area contributed by atoms with Crippen molar-refractivity contribution in [3.05, 3.63) is 80.0 Å². The van der Waals surface area contributed by atoms with Crippen LogP contribution in [0.3, 0.4) is 0 Å². The summed E-state index contributed by atoms with van der Waals surface area (Å²) in [6, 6.07) is 8.21. The maximum atomic E-state index is 13.2. The van der Waals surface area contributed by atoms with E-state index in [-0.39, 0.29) is 35.0 Å². The van der Waals surface area contributed by atoms with Crippen LogP contribution in [0.2, 0.25) is 5.02 Å². The summed E-state index contributed by atoms with van der Waals surface area (Å²) in [5.41, 5.74) is -0.128. The molecule has 0 bridgehead atoms. The molecule has 0 fully saturated rings. The van der Waals surface area contributed by atoms with Gasteiger partial charge in [0.05, 0.1) is 10.5 Å². The minimum Gasteiger partial charge on any atom is -0.294 e. The Morgan fingerprint density at radius 1 is 1.06 bits per heavy atom. The van der Waals surface area contributed by atoms with Gasteiger partial charge in [0.2, 0.25) is 5.91 Å². The normalized spacial score (nSPS) is 19.2. The van der Waals surface area contributed by atoms with Gasteiger partial charge in [-0.15, -0.1) is 0 Å². The smallest absolute Gasteiger partial charge is 0.294 e. The number of carbonyl (C=O) groups excluding carboxylic acids is 2. The molecule has 166 valence electrons. The number of allylic oxidation sites excluding steroid dienone is 2. The van der Waals surface area contributed by atoms with Gasteiger partial charge in [0, 0.05) is 41.1 Å². The van der Waals surface area contributed by atoms with Crippen molar-refractivity contribution >= 4 is 34.7 Å². The number of nitrogens with zero attached hydrogens (tertiary/aromatic N) is 2. The Bertz CT molecular complexity index is 1160. The number of hydrogen-bond donors (Lipinski definition) is 0. The van der Waals surface area contributed by atoms with Crippen molar-refractivity contribution in [1.82, 2.24) is 0 Å². The van der Waals surface area contributed by atoms with Gasteiger partial charge in [-0.3, -0.25) is 24.6 Å². The number of benzene rings is 2. The molecule has 6 nitrogen and oxygen atoms in total. The number of alkyl halides is 3. The minimum atomic E-state index is -4.51. The van der Waals surface area contributed by atoms with Gasteiger partial charge in [-0.1, -0.05) is 23.7 Å². The largest absolute Gasteiger partial charge is 0.416 e. The highest BCUT2D eigenvalue weighted by molar-refractivity contribution is 6.31. The van der Waals surface area contributed by atoms with Crippen molar-refractivity contribution in [2.75, 3.05) is 4.90 Å². The van der Waals surface area contributed by atoms with Gasteiger partial charge in [0.1, 0.15) is 5.69 Å². The number of anilines is 1. The molecule has 1 aliphatic heterocycles. The number of halogens is 4. The Morgan fingerprint density at radius 3 is 2.38 bits per heavy atom. The van der Waals surface area contributed by atoms with E-state index < -0.39 is 28.5 Å². The zero-order valence-electron chi connectivity index (χ0n) is 16.5. The number of nitro benzene ring substituents is 1. The van der Waals surface area contributed by atoms with Crippen molar-refractivity contribution < 1.29 is 27.7 Å². The summed E-state index contributed by atoms with van der Waals surface area (Å²) >= 11 is 6.03. The Morgan fingerprint density at radius 2 is 1.75 bits per heavy atom. The van der Waals surface area contributed by atoms with Crippen molar-refractivity contribution in [3.63, 3.8) is 0 Å². The maximum Gasteiger partial charge on any atom is 0.416 e. The zero-order valence-corrected chi connectivity index (χ0v) is 17.2. The van der Waals surface area contributed by atoms with Crippen LogP contribution in [0.5, 0.6) is 0 Å². The second-order valence-corrected chi connectivity index (χ2v) is 8.07. The number of rotatable bonds is 3. The van der Waals surface area contributed by atoms with E-state index in [1.165, 1.54) is 35.2 Å². The van der Waals surface area contributed by atoms with Gasteiger partial charge in [-0.25, -0.2) is 0 Å². The molecule has 0 saturated heterocycles. The van der Waals surface area contributed by atoms with Gasteiger partial charge < -0.3 is 0 Å². The fraction of sp³-hybridized carbons (Fsp3) is 0.273. The summed E-state index contributed by atoms with van der Waals surface area (Å²) < 4.78 is 38.8. The van der Waals surface area contributed by atoms with E-state index in [1.807, 2.05) is 0 Å². The molecule has 4 rings (SSSR count). The first kappa shape index (κ1) is 22.0. The molecule has 0 spiro atoms. The molecular formula is C22H16ClF3N2O4. The van der Waals surface area contributed by atoms with Gasteiger partial charge in [0.15, 0.2) is 5.78 Å². The summed E-state index contributed by atoms with van der Waals surface area (Å²) in [4.78, 5) is 38.2. The Labute approximate surface area is 185 Å². The number of nitro groups is 1. The third-order valence-corrected chi connectivity index (χ3v) is 5.93. The Kier molecular flexibility index (Phi) is 5.54. The summed E-state index contributed by atoms with van der Waals surface area (Å²) in [6.07, 6.45) is -3.70. The quantitative estimate of drug-likeness (QED) is 0.425. The lowest BCUT2D eigenvalue weighted by molar-refractivity contribution is -0.384. The summed E-state index contributed by atoms with van der Waals surface area (Å²) in [5.74, 6) is -1.44. The lowest BCUT2D eigenvalue weighted by Gasteiger charge is -2.38. The molecule has 1 heterocycles. The average molecular weight is 465 g/mol. The molecule has 2 aliphatic rings. The number of ketones is 1. The lowest BCUT2D eigenvalue weighted by Crippen LogP contribution is -2.40. The standard InChI is InChI=1S/C22H16ClF3N2O4/c23-14-8-9-16(28(31)32)18(10-14)27-17-2-1-3-19(29)21(17)15(11-20(27)30)12-4-6-13(7-5-12)22(24,25)26/h4-10,15H,1-3,11H2. The van der Waals surface area contributed by atoms with Crippen LogP contribution in [0.1, 0.15) is 42.7 Å². The van der Waals surface area contributed by atoms with E-state index in [0.717, 1.165) is 12.1 Å². The van der Waals surface area contributed by atoms with E-state index in [4.69, 9.17) is 11.6 Å². The highest BCUT2D eigenvalue weighted by Crippen LogP contribution is 2.46.